The Labute approximate surface area is 296 Å². The molecule has 0 spiro atoms. The summed E-state index contributed by atoms with van der Waals surface area (Å²) < 4.78 is 23.1. The molecule has 4 saturated carbocycles. The molecule has 282 valence electrons. The average molecular weight is 705 g/mol. The quantitative estimate of drug-likeness (QED) is 0.222. The third kappa shape index (κ3) is 5.67. The van der Waals surface area contributed by atoms with E-state index < -0.39 is 71.7 Å². The van der Waals surface area contributed by atoms with Gasteiger partial charge in [-0.15, -0.1) is 0 Å². The number of rotatable bonds is 6. The van der Waals surface area contributed by atoms with Crippen LogP contribution in [0.15, 0.2) is 11.6 Å². The van der Waals surface area contributed by atoms with Crippen LogP contribution in [0.25, 0.3) is 0 Å². The van der Waals surface area contributed by atoms with Crippen molar-refractivity contribution in [1.82, 2.24) is 0 Å². The van der Waals surface area contributed by atoms with Gasteiger partial charge in [0.05, 0.1) is 30.3 Å². The number of esters is 2. The summed E-state index contributed by atoms with van der Waals surface area (Å²) in [6.07, 6.45) is 2.27. The van der Waals surface area contributed by atoms with Crippen LogP contribution in [0.2, 0.25) is 0 Å². The van der Waals surface area contributed by atoms with E-state index in [-0.39, 0.29) is 52.9 Å². The molecular weight excluding hydrogens is 644 g/mol. The molecule has 16 atom stereocenters. The van der Waals surface area contributed by atoms with Crippen LogP contribution in [0.4, 0.5) is 0 Å². The number of ether oxygens (including phenoxy) is 4. The monoisotopic (exact) mass is 704 g/mol. The zero-order valence-electron chi connectivity index (χ0n) is 31.1. The molecule has 11 heteroatoms. The lowest BCUT2D eigenvalue weighted by Crippen LogP contribution is -2.67. The molecule has 0 radical (unpaired) electrons. The minimum Gasteiger partial charge on any atom is -0.481 e. The van der Waals surface area contributed by atoms with Crippen molar-refractivity contribution in [1.29, 1.82) is 0 Å². The lowest BCUT2D eigenvalue weighted by Gasteiger charge is -2.71. The highest BCUT2D eigenvalue weighted by molar-refractivity contribution is 5.74. The Balaban J connectivity index is 1.27. The highest BCUT2D eigenvalue weighted by Gasteiger charge is 2.69. The van der Waals surface area contributed by atoms with E-state index in [1.54, 1.807) is 6.92 Å². The van der Waals surface area contributed by atoms with Crippen molar-refractivity contribution in [2.45, 2.75) is 156 Å². The van der Waals surface area contributed by atoms with Crippen molar-refractivity contribution in [2.24, 2.45) is 50.7 Å². The number of aliphatic carboxylic acids is 1. The fourth-order valence-corrected chi connectivity index (χ4v) is 12.2. The maximum absolute atomic E-state index is 12.4. The lowest BCUT2D eigenvalue weighted by atomic mass is 9.34. The number of carboxylic acids is 1. The third-order valence-corrected chi connectivity index (χ3v) is 15.6. The van der Waals surface area contributed by atoms with E-state index in [0.29, 0.717) is 12.8 Å². The molecule has 1 aliphatic heterocycles. The van der Waals surface area contributed by atoms with Crippen molar-refractivity contribution in [3.05, 3.63) is 11.6 Å². The van der Waals surface area contributed by atoms with Crippen molar-refractivity contribution in [3.8, 4) is 0 Å². The van der Waals surface area contributed by atoms with Crippen LogP contribution in [0, 0.1) is 50.7 Å². The molecule has 5 fully saturated rings. The molecule has 0 amide bonds. The van der Waals surface area contributed by atoms with Crippen LogP contribution in [-0.4, -0.2) is 87.9 Å². The second kappa shape index (κ2) is 12.8. The number of allylic oxidation sites excluding steroid dienone is 2. The zero-order valence-corrected chi connectivity index (χ0v) is 31.1. The number of aliphatic hydroxyl groups excluding tert-OH is 3. The predicted octanol–water partition coefficient (Wildman–Crippen LogP) is 4.78. The van der Waals surface area contributed by atoms with E-state index >= 15 is 0 Å². The van der Waals surface area contributed by atoms with E-state index in [2.05, 4.69) is 33.8 Å². The molecule has 0 bridgehead atoms. The van der Waals surface area contributed by atoms with Gasteiger partial charge in [0.15, 0.2) is 18.5 Å². The van der Waals surface area contributed by atoms with E-state index in [4.69, 9.17) is 18.9 Å². The maximum atomic E-state index is 12.4. The Morgan fingerprint density at radius 1 is 0.920 bits per heavy atom. The number of carboxylic acid groups (broad SMARTS) is 1. The summed E-state index contributed by atoms with van der Waals surface area (Å²) >= 11 is 0. The minimum atomic E-state index is -1.38. The second-order valence-electron chi connectivity index (χ2n) is 18.1. The molecule has 50 heavy (non-hydrogen) atoms. The fraction of sp³-hybridized carbons (Fsp3) is 0.872. The first kappa shape index (κ1) is 37.7. The SMILES string of the molecule is CC(=O)O[C@@H]1[C@@H](O)[C@@H](OC(C)=O)[C@H](OC[C@@H]2[C@@H](O)C[C@H](O)[C@]3(C)[C@H]4CC=C5[C@H]6C[C@](C)(C(=O)O)CC[C@]6(C)CC[C@@]5(C)[C@]4(C)CC[C@@H]23)O[C@H]1C. The molecule has 4 N–H and O–H groups in total. The van der Waals surface area contributed by atoms with Gasteiger partial charge in [-0.05, 0) is 99.2 Å². The Hall–Kier alpha value is -2.05. The number of fused-ring (bicyclic) bond motifs is 7. The van der Waals surface area contributed by atoms with Gasteiger partial charge in [0, 0.05) is 31.6 Å². The van der Waals surface area contributed by atoms with Crippen molar-refractivity contribution < 1.29 is 53.8 Å². The zero-order chi connectivity index (χ0) is 36.8. The predicted molar refractivity (Wildman–Crippen MR) is 181 cm³/mol. The summed E-state index contributed by atoms with van der Waals surface area (Å²) in [7, 11) is 0. The Morgan fingerprint density at radius 2 is 1.56 bits per heavy atom. The van der Waals surface area contributed by atoms with Crippen LogP contribution >= 0.6 is 0 Å². The van der Waals surface area contributed by atoms with Crippen LogP contribution < -0.4 is 0 Å². The molecule has 6 aliphatic rings. The molecule has 1 heterocycles. The average Bonchev–Trinajstić information content (AvgIpc) is 3.02. The third-order valence-electron chi connectivity index (χ3n) is 15.6. The molecule has 5 aliphatic carbocycles. The van der Waals surface area contributed by atoms with Crippen LogP contribution in [0.1, 0.15) is 113 Å². The molecule has 0 unspecified atom stereocenters. The van der Waals surface area contributed by atoms with E-state index in [0.717, 1.165) is 38.5 Å². The van der Waals surface area contributed by atoms with E-state index in [1.165, 1.54) is 19.4 Å². The van der Waals surface area contributed by atoms with Gasteiger partial charge in [-0.25, -0.2) is 0 Å². The van der Waals surface area contributed by atoms with Gasteiger partial charge in [0.1, 0.15) is 6.10 Å². The smallest absolute Gasteiger partial charge is 0.309 e. The number of hydrogen-bond acceptors (Lipinski definition) is 10. The fourth-order valence-electron chi connectivity index (χ4n) is 12.2. The van der Waals surface area contributed by atoms with Crippen molar-refractivity contribution in [3.63, 3.8) is 0 Å². The Morgan fingerprint density at radius 3 is 2.20 bits per heavy atom. The summed E-state index contributed by atoms with van der Waals surface area (Å²) in [5.41, 5.74) is -0.0625. The van der Waals surface area contributed by atoms with Crippen molar-refractivity contribution in [2.75, 3.05) is 6.61 Å². The van der Waals surface area contributed by atoms with Crippen LogP contribution in [0.5, 0.6) is 0 Å². The van der Waals surface area contributed by atoms with Crippen molar-refractivity contribution >= 4 is 17.9 Å². The first-order chi connectivity index (χ1) is 23.2. The first-order valence-electron chi connectivity index (χ1n) is 18.8. The van der Waals surface area contributed by atoms with Gasteiger partial charge in [-0.3, -0.25) is 14.4 Å². The second-order valence-corrected chi connectivity index (χ2v) is 18.1. The molecule has 0 aromatic rings. The molecule has 11 nitrogen and oxygen atoms in total. The molecule has 6 rings (SSSR count). The van der Waals surface area contributed by atoms with E-state index in [1.807, 2.05) is 6.92 Å². The maximum Gasteiger partial charge on any atom is 0.309 e. The van der Waals surface area contributed by atoms with Gasteiger partial charge in [0.2, 0.25) is 0 Å². The Kier molecular flexibility index (Phi) is 9.66. The number of carbonyl (C=O) groups excluding carboxylic acids is 2. The molecule has 0 aromatic heterocycles. The summed E-state index contributed by atoms with van der Waals surface area (Å²) in [4.78, 5) is 36.2. The van der Waals surface area contributed by atoms with E-state index in [9.17, 15) is 34.8 Å². The highest BCUT2D eigenvalue weighted by Crippen LogP contribution is 2.74. The van der Waals surface area contributed by atoms with Crippen LogP contribution in [-0.2, 0) is 33.3 Å². The van der Waals surface area contributed by atoms with Gasteiger partial charge < -0.3 is 39.4 Å². The summed E-state index contributed by atoms with van der Waals surface area (Å²) in [5.74, 6) is -2.06. The van der Waals surface area contributed by atoms with Gasteiger partial charge in [0.25, 0.3) is 0 Å². The molecular formula is C39H60O11. The number of hydrogen-bond donors (Lipinski definition) is 4. The summed E-state index contributed by atoms with van der Waals surface area (Å²) in [6, 6.07) is 0. The summed E-state index contributed by atoms with van der Waals surface area (Å²) in [6.45, 7) is 15.4. The van der Waals surface area contributed by atoms with Gasteiger partial charge in [-0.1, -0.05) is 39.3 Å². The summed E-state index contributed by atoms with van der Waals surface area (Å²) in [5, 5.41) is 44.8. The number of carbonyl (C=O) groups is 3. The normalized spacial score (nSPS) is 51.5. The van der Waals surface area contributed by atoms with Crippen LogP contribution in [0.3, 0.4) is 0 Å². The highest BCUT2D eigenvalue weighted by atomic mass is 16.7. The largest absolute Gasteiger partial charge is 0.481 e. The standard InChI is InChI=1S/C39H60O11/c1-20-31(49-21(2)40)30(44)32(50-22(3)41)33(48-20)47-19-23-24-11-12-38(7)28(39(24,8)29(43)17-27(23)42)10-9-25-26-18-36(5,34(45)46)14-13-35(26,4)15-16-37(25,38)6/h9,20,23-24,26-33,42-44H,10-19H2,1-8H3,(H,45,46)/t20-,23-,24-,26+,27-,28-,29-,30+,31-,32+,33+,35+,36+,37+,38+,39-/m0/s1. The first-order valence-corrected chi connectivity index (χ1v) is 18.8. The molecule has 1 saturated heterocycles. The number of aliphatic hydroxyl groups is 3. The van der Waals surface area contributed by atoms with Gasteiger partial charge >= 0.3 is 17.9 Å². The van der Waals surface area contributed by atoms with Gasteiger partial charge in [-0.2, -0.15) is 0 Å². The minimum absolute atomic E-state index is 0.0598. The Bertz CT molecular complexity index is 1400. The molecule has 0 aromatic carbocycles. The lowest BCUT2D eigenvalue weighted by molar-refractivity contribution is -0.307. The topological polar surface area (TPSA) is 169 Å².